The van der Waals surface area contributed by atoms with E-state index in [2.05, 4.69) is 56.4 Å². The summed E-state index contributed by atoms with van der Waals surface area (Å²) in [6.07, 6.45) is 8.19. The van der Waals surface area contributed by atoms with Gasteiger partial charge in [-0.05, 0) is 42.9 Å². The maximum atomic E-state index is 5.58. The number of nitrogens with one attached hydrogen (secondary N) is 2. The van der Waals surface area contributed by atoms with Crippen molar-refractivity contribution in [1.82, 2.24) is 20.5 Å². The van der Waals surface area contributed by atoms with Crippen molar-refractivity contribution in [2.45, 2.75) is 58.5 Å². The number of hydrogen-bond donors (Lipinski definition) is 2. The molecule has 182 valence electrons. The molecule has 0 spiro atoms. The summed E-state index contributed by atoms with van der Waals surface area (Å²) in [7, 11) is 1.85. The molecule has 32 heavy (non-hydrogen) atoms. The van der Waals surface area contributed by atoms with E-state index in [0.717, 1.165) is 64.3 Å². The fraction of sp³-hybridized carbons (Fsp3) is 0.750. The molecule has 8 heteroatoms. The van der Waals surface area contributed by atoms with Crippen molar-refractivity contribution in [3.63, 3.8) is 0 Å². The highest BCUT2D eigenvalue weighted by Crippen LogP contribution is 2.20. The number of guanidine groups is 1. The van der Waals surface area contributed by atoms with Gasteiger partial charge in [0.25, 0.3) is 0 Å². The highest BCUT2D eigenvalue weighted by molar-refractivity contribution is 14.0. The number of morpholine rings is 1. The molecule has 0 amide bonds. The van der Waals surface area contributed by atoms with Crippen LogP contribution in [0.3, 0.4) is 0 Å². The van der Waals surface area contributed by atoms with Crippen molar-refractivity contribution in [2.24, 2.45) is 10.9 Å². The number of pyridine rings is 1. The molecule has 2 N–H and O–H groups in total. The first-order valence-electron chi connectivity index (χ1n) is 12.2. The second-order valence-electron chi connectivity index (χ2n) is 8.67. The zero-order chi connectivity index (χ0) is 21.9. The number of anilines is 1. The average Bonchev–Trinajstić information content (AvgIpc) is 2.84. The van der Waals surface area contributed by atoms with E-state index in [1.54, 1.807) is 0 Å². The topological polar surface area (TPSA) is 65.0 Å². The first-order valence-corrected chi connectivity index (χ1v) is 12.2. The molecule has 1 aromatic rings. The van der Waals surface area contributed by atoms with E-state index in [1.165, 1.54) is 37.7 Å². The number of nitrogens with zero attached hydrogens (tertiary/aromatic N) is 4. The Bertz CT molecular complexity index is 672. The summed E-state index contributed by atoms with van der Waals surface area (Å²) in [6, 6.07) is 4.81. The Morgan fingerprint density at radius 3 is 2.47 bits per heavy atom. The third kappa shape index (κ3) is 8.02. The van der Waals surface area contributed by atoms with Gasteiger partial charge in [-0.3, -0.25) is 9.89 Å². The quantitative estimate of drug-likeness (QED) is 0.275. The molecule has 2 aliphatic heterocycles. The van der Waals surface area contributed by atoms with Gasteiger partial charge >= 0.3 is 0 Å². The Morgan fingerprint density at radius 2 is 1.81 bits per heavy atom. The van der Waals surface area contributed by atoms with E-state index in [9.17, 15) is 0 Å². The largest absolute Gasteiger partial charge is 0.379 e. The summed E-state index contributed by atoms with van der Waals surface area (Å²) >= 11 is 0. The highest BCUT2D eigenvalue weighted by Gasteiger charge is 2.27. The van der Waals surface area contributed by atoms with Crippen molar-refractivity contribution < 1.29 is 4.74 Å². The molecule has 0 bridgehead atoms. The molecule has 7 nitrogen and oxygen atoms in total. The molecule has 2 aliphatic rings. The first kappa shape index (κ1) is 27.1. The molecule has 0 saturated carbocycles. The van der Waals surface area contributed by atoms with Crippen LogP contribution in [0.4, 0.5) is 5.82 Å². The summed E-state index contributed by atoms with van der Waals surface area (Å²) < 4.78 is 5.58. The van der Waals surface area contributed by atoms with Crippen LogP contribution in [0.25, 0.3) is 0 Å². The second-order valence-corrected chi connectivity index (χ2v) is 8.67. The number of aromatic nitrogens is 1. The Balaban J connectivity index is 0.00000363. The summed E-state index contributed by atoms with van der Waals surface area (Å²) in [4.78, 5) is 14.1. The highest BCUT2D eigenvalue weighted by atomic mass is 127. The predicted octanol–water partition coefficient (Wildman–Crippen LogP) is 3.49. The van der Waals surface area contributed by atoms with Crippen molar-refractivity contribution in [2.75, 3.05) is 57.9 Å². The van der Waals surface area contributed by atoms with Gasteiger partial charge in [-0.15, -0.1) is 24.0 Å². The molecule has 3 rings (SSSR count). The minimum absolute atomic E-state index is 0. The molecular formula is C24H43IN6O. The maximum Gasteiger partial charge on any atom is 0.191 e. The summed E-state index contributed by atoms with van der Waals surface area (Å²) in [5, 5.41) is 7.09. The zero-order valence-electron chi connectivity index (χ0n) is 20.2. The van der Waals surface area contributed by atoms with Crippen LogP contribution in [-0.4, -0.2) is 74.9 Å². The van der Waals surface area contributed by atoms with E-state index >= 15 is 0 Å². The number of halogens is 1. The van der Waals surface area contributed by atoms with Gasteiger partial charge in [-0.1, -0.05) is 26.7 Å². The first-order chi connectivity index (χ1) is 15.2. The molecule has 0 aromatic carbocycles. The Hall–Kier alpha value is -1.13. The summed E-state index contributed by atoms with van der Waals surface area (Å²) in [5.41, 5.74) is 1.24. The van der Waals surface area contributed by atoms with E-state index in [-0.39, 0.29) is 24.0 Å². The van der Waals surface area contributed by atoms with Crippen LogP contribution in [0.15, 0.2) is 23.3 Å². The second kappa shape index (κ2) is 14.9. The standard InChI is InChI=1S/C24H42N6O.HI/c1-4-21(5-2)22(29-13-15-31-16-14-29)19-28-24(25-3)27-18-20-9-10-26-23(17-20)30-11-7-6-8-12-30;/h9-10,17,21-22H,4-8,11-16,18-19H2,1-3H3,(H2,25,27,28);1H. The predicted molar refractivity (Wildman–Crippen MR) is 144 cm³/mol. The fourth-order valence-corrected chi connectivity index (χ4v) is 4.81. The molecule has 3 heterocycles. The molecule has 0 aliphatic carbocycles. The molecule has 1 unspecified atom stereocenters. The van der Waals surface area contributed by atoms with Crippen LogP contribution in [0, 0.1) is 5.92 Å². The lowest BCUT2D eigenvalue weighted by molar-refractivity contribution is 0.00272. The van der Waals surface area contributed by atoms with Gasteiger partial charge in [0.1, 0.15) is 5.82 Å². The van der Waals surface area contributed by atoms with Crippen LogP contribution in [0.1, 0.15) is 51.5 Å². The zero-order valence-corrected chi connectivity index (χ0v) is 22.5. The normalized spacial score (nSPS) is 18.9. The fourth-order valence-electron chi connectivity index (χ4n) is 4.81. The van der Waals surface area contributed by atoms with Gasteiger partial charge < -0.3 is 20.3 Å². The van der Waals surface area contributed by atoms with Crippen LogP contribution < -0.4 is 15.5 Å². The van der Waals surface area contributed by atoms with Gasteiger partial charge in [0.15, 0.2) is 5.96 Å². The maximum absolute atomic E-state index is 5.58. The third-order valence-corrected chi connectivity index (χ3v) is 6.76. The molecule has 2 fully saturated rings. The molecule has 1 aromatic heterocycles. The minimum Gasteiger partial charge on any atom is -0.379 e. The average molecular weight is 559 g/mol. The van der Waals surface area contributed by atoms with Crippen molar-refractivity contribution in [3.8, 4) is 0 Å². The lowest BCUT2D eigenvalue weighted by Gasteiger charge is -2.39. The van der Waals surface area contributed by atoms with Gasteiger partial charge in [-0.2, -0.15) is 0 Å². The lowest BCUT2D eigenvalue weighted by Crippen LogP contribution is -2.53. The van der Waals surface area contributed by atoms with Gasteiger partial charge in [0.05, 0.1) is 13.2 Å². The van der Waals surface area contributed by atoms with Crippen LogP contribution >= 0.6 is 24.0 Å². The summed E-state index contributed by atoms with van der Waals surface area (Å²) in [5.74, 6) is 2.64. The van der Waals surface area contributed by atoms with Crippen LogP contribution in [0.2, 0.25) is 0 Å². The van der Waals surface area contributed by atoms with E-state index in [4.69, 9.17) is 4.74 Å². The number of hydrogen-bond acceptors (Lipinski definition) is 5. The Morgan fingerprint density at radius 1 is 1.09 bits per heavy atom. The number of ether oxygens (including phenoxy) is 1. The van der Waals surface area contributed by atoms with Crippen LogP contribution in [0.5, 0.6) is 0 Å². The number of aliphatic imine (C=N–C) groups is 1. The minimum atomic E-state index is 0. The number of rotatable bonds is 9. The van der Waals surface area contributed by atoms with Gasteiger partial charge in [0.2, 0.25) is 0 Å². The van der Waals surface area contributed by atoms with Crippen molar-refractivity contribution in [3.05, 3.63) is 23.9 Å². The SMILES string of the molecule is CCC(CC)C(CNC(=NC)NCc1ccnc(N2CCCCC2)c1)N1CCOCC1.I. The van der Waals surface area contributed by atoms with Crippen LogP contribution in [-0.2, 0) is 11.3 Å². The van der Waals surface area contributed by atoms with Crippen molar-refractivity contribution in [1.29, 1.82) is 0 Å². The molecule has 2 saturated heterocycles. The Kier molecular flexibility index (Phi) is 12.6. The third-order valence-electron chi connectivity index (χ3n) is 6.76. The van der Waals surface area contributed by atoms with Crippen molar-refractivity contribution >= 4 is 35.8 Å². The van der Waals surface area contributed by atoms with Gasteiger partial charge in [0, 0.05) is 58.6 Å². The monoisotopic (exact) mass is 558 g/mol. The number of piperidine rings is 1. The van der Waals surface area contributed by atoms with E-state index in [0.29, 0.717) is 12.0 Å². The lowest BCUT2D eigenvalue weighted by atomic mass is 9.92. The molecule has 1 atom stereocenters. The molecule has 0 radical (unpaired) electrons. The molecular weight excluding hydrogens is 515 g/mol. The van der Waals surface area contributed by atoms with E-state index < -0.39 is 0 Å². The van der Waals surface area contributed by atoms with E-state index in [1.807, 2.05) is 13.2 Å². The smallest absolute Gasteiger partial charge is 0.191 e. The Labute approximate surface area is 211 Å². The van der Waals surface area contributed by atoms with Gasteiger partial charge in [-0.25, -0.2) is 4.98 Å². The summed E-state index contributed by atoms with van der Waals surface area (Å²) in [6.45, 7) is 12.2.